The van der Waals surface area contributed by atoms with Gasteiger partial charge in [0.25, 0.3) is 0 Å². The van der Waals surface area contributed by atoms with Crippen molar-refractivity contribution in [2.45, 2.75) is 30.7 Å². The summed E-state index contributed by atoms with van der Waals surface area (Å²) in [6.45, 7) is 1.74. The second-order valence-electron chi connectivity index (χ2n) is 7.97. The first-order valence-corrected chi connectivity index (χ1v) is 12.5. The Kier molecular flexibility index (Phi) is 4.88. The number of nitrogens with one attached hydrogen (secondary N) is 1. The van der Waals surface area contributed by atoms with Crippen LogP contribution in [0.15, 0.2) is 59.1 Å². The molecule has 0 aliphatic carbocycles. The van der Waals surface area contributed by atoms with Gasteiger partial charge < -0.3 is 10.4 Å². The Morgan fingerprint density at radius 3 is 2.75 bits per heavy atom. The summed E-state index contributed by atoms with van der Waals surface area (Å²) >= 11 is 1.56. The van der Waals surface area contributed by atoms with Crippen LogP contribution in [0.1, 0.15) is 19.8 Å². The van der Waals surface area contributed by atoms with Crippen LogP contribution in [0, 0.1) is 0 Å². The van der Waals surface area contributed by atoms with Crippen molar-refractivity contribution in [2.24, 2.45) is 0 Å². The molecule has 1 saturated heterocycles. The van der Waals surface area contributed by atoms with Crippen LogP contribution in [-0.2, 0) is 10.0 Å². The lowest BCUT2D eigenvalue weighted by Crippen LogP contribution is -2.58. The first-order chi connectivity index (χ1) is 15.3. The molecule has 8 nitrogen and oxygen atoms in total. The van der Waals surface area contributed by atoms with Crippen LogP contribution in [0.2, 0.25) is 0 Å². The Hall–Kier alpha value is -3.08. The standard InChI is InChI=1S/C22H20N4O4S2/c1-14-3-2-10-26(14,22(27)28)32(29,30)16-5-6-18-17(12-16)19(8-9-23-18)25-15-4-7-21-20(11-15)24-13-31-21/h4-9,11-14H,2-3,10H2,1H3,(H-,23,25,27,28)/p+1/t14-,26?/m1/s1. The molecule has 1 amide bonds. The molecule has 1 unspecified atom stereocenters. The highest BCUT2D eigenvalue weighted by atomic mass is 32.2. The normalized spacial score (nSPS) is 21.2. The second-order valence-corrected chi connectivity index (χ2v) is 10.9. The van der Waals surface area contributed by atoms with Gasteiger partial charge in [0.15, 0.2) is 0 Å². The average molecular weight is 470 g/mol. The van der Waals surface area contributed by atoms with Crippen molar-refractivity contribution in [3.8, 4) is 0 Å². The van der Waals surface area contributed by atoms with Crippen LogP contribution in [-0.4, -0.2) is 46.1 Å². The highest BCUT2D eigenvalue weighted by Crippen LogP contribution is 2.37. The Labute approximate surface area is 188 Å². The summed E-state index contributed by atoms with van der Waals surface area (Å²) in [6.07, 6.45) is 1.41. The number of hydrogen-bond donors (Lipinski definition) is 2. The van der Waals surface area contributed by atoms with Gasteiger partial charge in [-0.3, -0.25) is 4.98 Å². The van der Waals surface area contributed by atoms with E-state index in [1.165, 1.54) is 12.1 Å². The topological polar surface area (TPSA) is 109 Å². The summed E-state index contributed by atoms with van der Waals surface area (Å²) < 4.78 is 27.3. The quantitative estimate of drug-likeness (QED) is 0.407. The molecule has 1 aliphatic rings. The molecule has 2 aromatic heterocycles. The van der Waals surface area contributed by atoms with Crippen LogP contribution in [0.4, 0.5) is 16.2 Å². The van der Waals surface area contributed by atoms with E-state index < -0.39 is 26.0 Å². The number of thiazole rings is 1. The van der Waals surface area contributed by atoms with Crippen molar-refractivity contribution < 1.29 is 22.2 Å². The lowest BCUT2D eigenvalue weighted by atomic mass is 10.2. The maximum atomic E-state index is 13.6. The maximum absolute atomic E-state index is 13.6. The fourth-order valence-electron chi connectivity index (χ4n) is 4.47. The van der Waals surface area contributed by atoms with Gasteiger partial charge in [-0.05, 0) is 49.4 Å². The third-order valence-electron chi connectivity index (χ3n) is 6.20. The highest BCUT2D eigenvalue weighted by Gasteiger charge is 2.57. The van der Waals surface area contributed by atoms with Crippen LogP contribution in [0.25, 0.3) is 21.1 Å². The van der Waals surface area contributed by atoms with Crippen LogP contribution >= 0.6 is 11.3 Å². The molecule has 0 saturated carbocycles. The zero-order chi connectivity index (χ0) is 22.5. The number of likely N-dealkylation sites (tertiary alicyclic amines) is 1. The SMILES string of the molecule is C[C@@H]1CCC[N+]1(C(=O)O)S(=O)(=O)c1ccc2nccc(Nc3ccc4scnc4c3)c2c1. The molecule has 2 N–H and O–H groups in total. The van der Waals surface area contributed by atoms with E-state index in [2.05, 4.69) is 15.3 Å². The van der Waals surface area contributed by atoms with E-state index in [0.29, 0.717) is 29.4 Å². The van der Waals surface area contributed by atoms with Gasteiger partial charge in [-0.1, -0.05) is 0 Å². The molecule has 4 aromatic rings. The summed E-state index contributed by atoms with van der Waals surface area (Å²) in [5.74, 6) is 0. The number of nitrogens with zero attached hydrogens (tertiary/aromatic N) is 3. The van der Waals surface area contributed by atoms with E-state index in [-0.39, 0.29) is 11.4 Å². The zero-order valence-electron chi connectivity index (χ0n) is 17.2. The molecule has 164 valence electrons. The predicted octanol–water partition coefficient (Wildman–Crippen LogP) is 4.95. The van der Waals surface area contributed by atoms with Crippen molar-refractivity contribution in [3.05, 3.63) is 54.2 Å². The Bertz CT molecular complexity index is 1470. The summed E-state index contributed by atoms with van der Waals surface area (Å²) in [4.78, 5) is 20.8. The molecule has 1 fully saturated rings. The minimum Gasteiger partial charge on any atom is -0.435 e. The van der Waals surface area contributed by atoms with Crippen LogP contribution in [0.3, 0.4) is 0 Å². The minimum absolute atomic E-state index is 0.0212. The van der Waals surface area contributed by atoms with Gasteiger partial charge in [-0.2, -0.15) is 13.2 Å². The maximum Gasteiger partial charge on any atom is 0.529 e. The highest BCUT2D eigenvalue weighted by molar-refractivity contribution is 7.86. The number of carboxylic acid groups (broad SMARTS) is 1. The van der Waals surface area contributed by atoms with Crippen molar-refractivity contribution in [1.29, 1.82) is 0 Å². The van der Waals surface area contributed by atoms with E-state index in [9.17, 15) is 18.3 Å². The molecule has 2 aromatic carbocycles. The van der Waals surface area contributed by atoms with Gasteiger partial charge in [-0.15, -0.1) is 15.2 Å². The van der Waals surface area contributed by atoms with E-state index in [1.54, 1.807) is 42.1 Å². The third kappa shape index (κ3) is 3.06. The Morgan fingerprint density at radius 2 is 2.00 bits per heavy atom. The average Bonchev–Trinajstić information content (AvgIpc) is 3.40. The van der Waals surface area contributed by atoms with Crippen molar-refractivity contribution in [3.63, 3.8) is 0 Å². The van der Waals surface area contributed by atoms with Crippen LogP contribution < -0.4 is 5.32 Å². The smallest absolute Gasteiger partial charge is 0.435 e. The van der Waals surface area contributed by atoms with Gasteiger partial charge in [0.2, 0.25) is 0 Å². The Morgan fingerprint density at radius 1 is 1.16 bits per heavy atom. The number of anilines is 2. The van der Waals surface area contributed by atoms with Gasteiger partial charge in [-0.25, -0.2) is 4.98 Å². The number of rotatable bonds is 4. The van der Waals surface area contributed by atoms with Crippen molar-refractivity contribution in [2.75, 3.05) is 11.9 Å². The van der Waals surface area contributed by atoms with Crippen molar-refractivity contribution in [1.82, 2.24) is 9.97 Å². The molecule has 0 spiro atoms. The number of fused-ring (bicyclic) bond motifs is 2. The molecule has 2 atom stereocenters. The lowest BCUT2D eigenvalue weighted by molar-refractivity contribution is -0.741. The second kappa shape index (κ2) is 7.51. The number of amides is 1. The monoisotopic (exact) mass is 469 g/mol. The first kappa shape index (κ1) is 20.8. The number of benzene rings is 2. The van der Waals surface area contributed by atoms with Gasteiger partial charge in [0.05, 0.1) is 21.2 Å². The molecular formula is C22H21N4O4S2+. The largest absolute Gasteiger partial charge is 0.529 e. The molecule has 0 bridgehead atoms. The minimum atomic E-state index is -4.18. The molecule has 32 heavy (non-hydrogen) atoms. The number of carbonyl (C=O) groups is 1. The number of sulfonamides is 1. The van der Waals surface area contributed by atoms with Gasteiger partial charge in [0.1, 0.15) is 17.5 Å². The molecular weight excluding hydrogens is 448 g/mol. The van der Waals surface area contributed by atoms with E-state index >= 15 is 0 Å². The van der Waals surface area contributed by atoms with Gasteiger partial charge >= 0.3 is 16.1 Å². The number of pyridine rings is 1. The fraction of sp³-hybridized carbons (Fsp3) is 0.227. The molecule has 0 radical (unpaired) electrons. The number of hydrogen-bond acceptors (Lipinski definition) is 7. The lowest BCUT2D eigenvalue weighted by Gasteiger charge is -2.30. The van der Waals surface area contributed by atoms with E-state index in [1.807, 2.05) is 18.2 Å². The predicted molar refractivity (Wildman–Crippen MR) is 124 cm³/mol. The zero-order valence-corrected chi connectivity index (χ0v) is 18.9. The third-order valence-corrected chi connectivity index (χ3v) is 9.41. The Balaban J connectivity index is 1.61. The van der Waals surface area contributed by atoms with E-state index in [0.717, 1.165) is 15.9 Å². The summed E-state index contributed by atoms with van der Waals surface area (Å²) in [6, 6.07) is 11.7. The van der Waals surface area contributed by atoms with Crippen molar-refractivity contribution >= 4 is 59.9 Å². The summed E-state index contributed by atoms with van der Waals surface area (Å²) in [7, 11) is -4.18. The molecule has 10 heteroatoms. The van der Waals surface area contributed by atoms with Gasteiger partial charge in [0, 0.05) is 35.8 Å². The first-order valence-electron chi connectivity index (χ1n) is 10.2. The molecule has 1 aliphatic heterocycles. The fourth-order valence-corrected chi connectivity index (χ4v) is 7.16. The summed E-state index contributed by atoms with van der Waals surface area (Å²) in [5, 5.41) is 13.9. The molecule has 3 heterocycles. The summed E-state index contributed by atoms with van der Waals surface area (Å²) in [5.41, 5.74) is 4.76. The van der Waals surface area contributed by atoms with Crippen LogP contribution in [0.5, 0.6) is 0 Å². The molecule has 5 rings (SSSR count). The number of aromatic nitrogens is 2. The number of quaternary nitrogens is 1. The van der Waals surface area contributed by atoms with E-state index in [4.69, 9.17) is 0 Å².